The van der Waals surface area contributed by atoms with E-state index in [0.717, 1.165) is 11.3 Å². The highest BCUT2D eigenvalue weighted by Gasteiger charge is 2.18. The fraction of sp³-hybridized carbons (Fsp3) is 0.556. The molecule has 0 fully saturated rings. The van der Waals surface area contributed by atoms with Crippen LogP contribution < -0.4 is 5.32 Å². The molecule has 0 aromatic carbocycles. The number of rotatable bonds is 4. The Labute approximate surface area is 87.1 Å². The molecule has 4 nitrogen and oxygen atoms in total. The number of nitro groups is 1. The van der Waals surface area contributed by atoms with Crippen molar-refractivity contribution in [2.75, 3.05) is 7.05 Å². The Morgan fingerprint density at radius 1 is 1.57 bits per heavy atom. The molecule has 1 heterocycles. The lowest BCUT2D eigenvalue weighted by atomic mass is 10.0. The maximum atomic E-state index is 10.4. The summed E-state index contributed by atoms with van der Waals surface area (Å²) in [5.41, 5.74) is -0.0152. The summed E-state index contributed by atoms with van der Waals surface area (Å²) in [6.07, 6.45) is 0.808. The lowest BCUT2D eigenvalue weighted by Crippen LogP contribution is -2.38. The van der Waals surface area contributed by atoms with Crippen molar-refractivity contribution in [3.05, 3.63) is 27.1 Å². The van der Waals surface area contributed by atoms with Gasteiger partial charge in [0, 0.05) is 16.5 Å². The van der Waals surface area contributed by atoms with Crippen LogP contribution in [0, 0.1) is 10.1 Å². The van der Waals surface area contributed by atoms with Gasteiger partial charge in [0.1, 0.15) is 0 Å². The highest BCUT2D eigenvalue weighted by molar-refractivity contribution is 7.15. The van der Waals surface area contributed by atoms with Gasteiger partial charge in [-0.15, -0.1) is 0 Å². The standard InChI is InChI=1S/C9H14N2O2S/c1-9(2,10-3)6-7-4-5-8(14-7)11(12)13/h4-5,10H,6H2,1-3H3. The van der Waals surface area contributed by atoms with Gasteiger partial charge in [0.05, 0.1) is 4.92 Å². The van der Waals surface area contributed by atoms with E-state index in [1.165, 1.54) is 11.3 Å². The van der Waals surface area contributed by atoms with Crippen LogP contribution in [0.2, 0.25) is 0 Å². The third kappa shape index (κ3) is 2.78. The lowest BCUT2D eigenvalue weighted by Gasteiger charge is -2.22. The fourth-order valence-electron chi connectivity index (χ4n) is 1.08. The van der Waals surface area contributed by atoms with Gasteiger partial charge in [-0.25, -0.2) is 0 Å². The predicted molar refractivity (Wildman–Crippen MR) is 57.8 cm³/mol. The van der Waals surface area contributed by atoms with Crippen LogP contribution in [0.1, 0.15) is 18.7 Å². The van der Waals surface area contributed by atoms with Gasteiger partial charge in [-0.1, -0.05) is 11.3 Å². The SMILES string of the molecule is CNC(C)(C)Cc1ccc([N+](=O)[O-])s1. The summed E-state index contributed by atoms with van der Waals surface area (Å²) >= 11 is 1.24. The van der Waals surface area contributed by atoms with E-state index in [2.05, 4.69) is 19.2 Å². The van der Waals surface area contributed by atoms with Gasteiger partial charge in [-0.2, -0.15) is 0 Å². The molecule has 0 spiro atoms. The van der Waals surface area contributed by atoms with Gasteiger partial charge < -0.3 is 5.32 Å². The van der Waals surface area contributed by atoms with Crippen LogP contribution in [-0.2, 0) is 6.42 Å². The lowest BCUT2D eigenvalue weighted by molar-refractivity contribution is -0.380. The van der Waals surface area contributed by atoms with Gasteiger partial charge in [0.15, 0.2) is 0 Å². The Hall–Kier alpha value is -0.940. The molecule has 0 saturated heterocycles. The molecular weight excluding hydrogens is 200 g/mol. The maximum Gasteiger partial charge on any atom is 0.324 e. The molecule has 0 saturated carbocycles. The minimum absolute atomic E-state index is 0.0152. The Balaban J connectivity index is 2.73. The molecule has 0 aliphatic carbocycles. The second-order valence-corrected chi connectivity index (χ2v) is 4.95. The van der Waals surface area contributed by atoms with E-state index in [1.807, 2.05) is 13.1 Å². The van der Waals surface area contributed by atoms with Crippen LogP contribution >= 0.6 is 11.3 Å². The van der Waals surface area contributed by atoms with Crippen molar-refractivity contribution < 1.29 is 4.92 Å². The van der Waals surface area contributed by atoms with Crippen molar-refractivity contribution in [3.63, 3.8) is 0 Å². The molecule has 0 radical (unpaired) electrons. The Kier molecular flexibility index (Phi) is 3.23. The molecule has 0 atom stereocenters. The van der Waals surface area contributed by atoms with E-state index in [-0.39, 0.29) is 15.5 Å². The first-order chi connectivity index (χ1) is 6.44. The molecule has 1 N–H and O–H groups in total. The van der Waals surface area contributed by atoms with E-state index in [9.17, 15) is 10.1 Å². The van der Waals surface area contributed by atoms with Crippen molar-refractivity contribution in [3.8, 4) is 0 Å². The van der Waals surface area contributed by atoms with Crippen molar-refractivity contribution in [1.82, 2.24) is 5.32 Å². The summed E-state index contributed by atoms with van der Waals surface area (Å²) < 4.78 is 0. The summed E-state index contributed by atoms with van der Waals surface area (Å²) in [6, 6.07) is 3.38. The van der Waals surface area contributed by atoms with Gasteiger partial charge in [0.2, 0.25) is 0 Å². The number of nitrogens with zero attached hydrogens (tertiary/aromatic N) is 1. The Morgan fingerprint density at radius 2 is 2.21 bits per heavy atom. The van der Waals surface area contributed by atoms with Crippen LogP contribution in [-0.4, -0.2) is 17.5 Å². The smallest absolute Gasteiger partial charge is 0.314 e. The molecule has 14 heavy (non-hydrogen) atoms. The van der Waals surface area contributed by atoms with Crippen LogP contribution in [0.4, 0.5) is 5.00 Å². The molecule has 0 aliphatic rings. The number of likely N-dealkylation sites (N-methyl/N-ethyl adjacent to an activating group) is 1. The molecule has 1 rings (SSSR count). The molecule has 1 aromatic rings. The van der Waals surface area contributed by atoms with Crippen molar-refractivity contribution in [2.45, 2.75) is 25.8 Å². The average Bonchev–Trinajstić information content (AvgIpc) is 2.52. The zero-order valence-corrected chi connectivity index (χ0v) is 9.35. The van der Waals surface area contributed by atoms with E-state index in [1.54, 1.807) is 6.07 Å². The number of hydrogen-bond acceptors (Lipinski definition) is 4. The van der Waals surface area contributed by atoms with E-state index in [4.69, 9.17) is 0 Å². The summed E-state index contributed by atoms with van der Waals surface area (Å²) in [7, 11) is 1.89. The third-order valence-electron chi connectivity index (χ3n) is 2.12. The summed E-state index contributed by atoms with van der Waals surface area (Å²) in [4.78, 5) is 11.1. The van der Waals surface area contributed by atoms with Gasteiger partial charge >= 0.3 is 5.00 Å². The van der Waals surface area contributed by atoms with E-state index in [0.29, 0.717) is 0 Å². The minimum atomic E-state index is -0.347. The summed E-state index contributed by atoms with van der Waals surface area (Å²) in [5, 5.41) is 13.8. The first-order valence-corrected chi connectivity index (χ1v) is 5.18. The zero-order chi connectivity index (χ0) is 10.8. The predicted octanol–water partition coefficient (Wildman–Crippen LogP) is 2.20. The normalized spacial score (nSPS) is 11.6. The molecule has 0 bridgehead atoms. The van der Waals surface area contributed by atoms with Gasteiger partial charge in [-0.05, 0) is 33.4 Å². The third-order valence-corrected chi connectivity index (χ3v) is 3.16. The topological polar surface area (TPSA) is 55.2 Å². The summed E-state index contributed by atoms with van der Waals surface area (Å²) in [5.74, 6) is 0. The highest BCUT2D eigenvalue weighted by Crippen LogP contribution is 2.26. The van der Waals surface area contributed by atoms with Crippen molar-refractivity contribution in [1.29, 1.82) is 0 Å². The van der Waals surface area contributed by atoms with E-state index >= 15 is 0 Å². The van der Waals surface area contributed by atoms with Crippen LogP contribution in [0.25, 0.3) is 0 Å². The van der Waals surface area contributed by atoms with E-state index < -0.39 is 0 Å². The molecule has 0 aliphatic heterocycles. The average molecular weight is 214 g/mol. The second-order valence-electron chi connectivity index (χ2n) is 3.81. The second kappa shape index (κ2) is 4.06. The molecule has 1 aromatic heterocycles. The fourth-order valence-corrected chi connectivity index (χ4v) is 2.13. The minimum Gasteiger partial charge on any atom is -0.314 e. The van der Waals surface area contributed by atoms with Gasteiger partial charge in [0.25, 0.3) is 0 Å². The monoisotopic (exact) mass is 214 g/mol. The first-order valence-electron chi connectivity index (χ1n) is 4.36. The first kappa shape index (κ1) is 11.1. The molecule has 78 valence electrons. The van der Waals surface area contributed by atoms with Crippen LogP contribution in [0.15, 0.2) is 12.1 Å². The number of nitrogens with one attached hydrogen (secondary N) is 1. The number of thiophene rings is 1. The van der Waals surface area contributed by atoms with Gasteiger partial charge in [-0.3, -0.25) is 10.1 Å². The highest BCUT2D eigenvalue weighted by atomic mass is 32.1. The molecule has 0 amide bonds. The number of hydrogen-bond donors (Lipinski definition) is 1. The summed E-state index contributed by atoms with van der Waals surface area (Å²) in [6.45, 7) is 4.14. The molecular formula is C9H14N2O2S. The zero-order valence-electron chi connectivity index (χ0n) is 8.53. The van der Waals surface area contributed by atoms with Crippen molar-refractivity contribution in [2.24, 2.45) is 0 Å². The van der Waals surface area contributed by atoms with Crippen molar-refractivity contribution >= 4 is 16.3 Å². The largest absolute Gasteiger partial charge is 0.324 e. The maximum absolute atomic E-state index is 10.4. The quantitative estimate of drug-likeness (QED) is 0.617. The molecule has 0 unspecified atom stereocenters. The Bertz CT molecular complexity index is 333. The molecule has 5 heteroatoms. The van der Waals surface area contributed by atoms with Crippen LogP contribution in [0.3, 0.4) is 0 Å². The Morgan fingerprint density at radius 3 is 2.64 bits per heavy atom. The van der Waals surface area contributed by atoms with Crippen LogP contribution in [0.5, 0.6) is 0 Å².